The number of allylic oxidation sites excluding steroid dienone is 1. The van der Waals surface area contributed by atoms with E-state index in [1.807, 2.05) is 18.2 Å². The summed E-state index contributed by atoms with van der Waals surface area (Å²) in [6.07, 6.45) is 2.94. The first-order valence-electron chi connectivity index (χ1n) is 5.50. The van der Waals surface area contributed by atoms with Crippen LogP contribution in [-0.4, -0.2) is 6.61 Å². The molecule has 0 amide bonds. The molecule has 0 aromatic heterocycles. The number of aryl methyl sites for hydroxylation is 1. The van der Waals surface area contributed by atoms with Crippen LogP contribution in [0.2, 0.25) is 0 Å². The van der Waals surface area contributed by atoms with Crippen LogP contribution < -0.4 is 10.5 Å². The second-order valence-corrected chi connectivity index (χ2v) is 4.08. The standard InChI is InChI=1S/C13H19NOS/c1-11-5-4-7-13(9-11)15-8-3-2-6-12(14)10-16/h4-5,7,9-10,16H,2-3,6,8,14H2,1H3. The molecular formula is C13H19NOS. The lowest BCUT2D eigenvalue weighted by molar-refractivity contribution is 0.306. The van der Waals surface area contributed by atoms with Crippen molar-refractivity contribution in [1.82, 2.24) is 0 Å². The lowest BCUT2D eigenvalue weighted by Crippen LogP contribution is -2.00. The van der Waals surface area contributed by atoms with Crippen molar-refractivity contribution in [1.29, 1.82) is 0 Å². The van der Waals surface area contributed by atoms with Crippen molar-refractivity contribution >= 4 is 12.6 Å². The molecule has 0 aliphatic carbocycles. The van der Waals surface area contributed by atoms with Gasteiger partial charge in [0.2, 0.25) is 0 Å². The number of ether oxygens (including phenoxy) is 1. The molecule has 0 saturated carbocycles. The molecule has 1 aromatic rings. The maximum absolute atomic E-state index is 5.63. The zero-order chi connectivity index (χ0) is 11.8. The molecule has 3 heteroatoms. The highest BCUT2D eigenvalue weighted by Crippen LogP contribution is 2.13. The minimum absolute atomic E-state index is 0.739. The van der Waals surface area contributed by atoms with Gasteiger partial charge in [0.1, 0.15) is 5.75 Å². The molecule has 2 N–H and O–H groups in total. The molecule has 1 aromatic carbocycles. The maximum Gasteiger partial charge on any atom is 0.119 e. The van der Waals surface area contributed by atoms with Crippen LogP contribution in [0.3, 0.4) is 0 Å². The van der Waals surface area contributed by atoms with Crippen LogP contribution >= 0.6 is 12.6 Å². The Balaban J connectivity index is 2.16. The molecule has 88 valence electrons. The van der Waals surface area contributed by atoms with Gasteiger partial charge in [-0.3, -0.25) is 0 Å². The summed E-state index contributed by atoms with van der Waals surface area (Å²) in [5, 5.41) is 1.65. The van der Waals surface area contributed by atoms with Gasteiger partial charge < -0.3 is 10.5 Å². The van der Waals surface area contributed by atoms with Crippen LogP contribution in [0.1, 0.15) is 24.8 Å². The monoisotopic (exact) mass is 237 g/mol. The highest BCUT2D eigenvalue weighted by atomic mass is 32.1. The van der Waals surface area contributed by atoms with Crippen LogP contribution in [-0.2, 0) is 0 Å². The molecule has 0 aliphatic heterocycles. The number of hydrogen-bond donors (Lipinski definition) is 2. The van der Waals surface area contributed by atoms with E-state index in [4.69, 9.17) is 10.5 Å². The molecule has 0 radical (unpaired) electrons. The van der Waals surface area contributed by atoms with Crippen molar-refractivity contribution in [3.63, 3.8) is 0 Å². The van der Waals surface area contributed by atoms with Gasteiger partial charge in [0, 0.05) is 5.70 Å². The minimum atomic E-state index is 0.739. The lowest BCUT2D eigenvalue weighted by atomic mass is 10.2. The molecule has 0 spiro atoms. The van der Waals surface area contributed by atoms with E-state index >= 15 is 0 Å². The molecular weight excluding hydrogens is 218 g/mol. The molecule has 2 nitrogen and oxygen atoms in total. The largest absolute Gasteiger partial charge is 0.494 e. The third kappa shape index (κ3) is 5.12. The average Bonchev–Trinajstić information content (AvgIpc) is 2.28. The third-order valence-corrected chi connectivity index (χ3v) is 2.62. The van der Waals surface area contributed by atoms with E-state index in [1.54, 1.807) is 5.41 Å². The summed E-state index contributed by atoms with van der Waals surface area (Å²) < 4.78 is 5.62. The lowest BCUT2D eigenvalue weighted by Gasteiger charge is -2.06. The van der Waals surface area contributed by atoms with Crippen molar-refractivity contribution in [3.05, 3.63) is 40.9 Å². The topological polar surface area (TPSA) is 35.2 Å². The zero-order valence-electron chi connectivity index (χ0n) is 9.65. The van der Waals surface area contributed by atoms with Gasteiger partial charge in [-0.2, -0.15) is 0 Å². The quantitative estimate of drug-likeness (QED) is 0.588. The molecule has 0 unspecified atom stereocenters. The first kappa shape index (κ1) is 13.0. The average molecular weight is 237 g/mol. The number of nitrogens with two attached hydrogens (primary N) is 1. The Kier molecular flexibility index (Phi) is 5.86. The van der Waals surface area contributed by atoms with E-state index in [1.165, 1.54) is 5.56 Å². The van der Waals surface area contributed by atoms with Crippen molar-refractivity contribution in [3.8, 4) is 5.75 Å². The normalized spacial score (nSPS) is 11.5. The fourth-order valence-corrected chi connectivity index (χ4v) is 1.52. The number of rotatable bonds is 6. The van der Waals surface area contributed by atoms with E-state index in [9.17, 15) is 0 Å². The van der Waals surface area contributed by atoms with Crippen molar-refractivity contribution in [2.45, 2.75) is 26.2 Å². The van der Waals surface area contributed by atoms with Crippen LogP contribution in [0, 0.1) is 6.92 Å². The minimum Gasteiger partial charge on any atom is -0.494 e. The van der Waals surface area contributed by atoms with Crippen LogP contribution in [0.25, 0.3) is 0 Å². The Bertz CT molecular complexity index is 350. The first-order valence-corrected chi connectivity index (χ1v) is 6.02. The predicted octanol–water partition coefficient (Wildman–Crippen LogP) is 3.27. The van der Waals surface area contributed by atoms with Gasteiger partial charge in [-0.25, -0.2) is 0 Å². The van der Waals surface area contributed by atoms with Gasteiger partial charge in [-0.05, 0) is 49.3 Å². The summed E-state index contributed by atoms with van der Waals surface area (Å²) in [7, 11) is 0. The second kappa shape index (κ2) is 7.23. The third-order valence-electron chi connectivity index (χ3n) is 2.28. The van der Waals surface area contributed by atoms with E-state index in [0.717, 1.165) is 37.3 Å². The number of thiol groups is 1. The maximum atomic E-state index is 5.63. The van der Waals surface area contributed by atoms with E-state index < -0.39 is 0 Å². The van der Waals surface area contributed by atoms with Crippen LogP contribution in [0.5, 0.6) is 5.75 Å². The smallest absolute Gasteiger partial charge is 0.119 e. The van der Waals surface area contributed by atoms with Crippen molar-refractivity contribution in [2.24, 2.45) is 5.73 Å². The molecule has 0 bridgehead atoms. The van der Waals surface area contributed by atoms with Crippen LogP contribution in [0.4, 0.5) is 0 Å². The zero-order valence-corrected chi connectivity index (χ0v) is 10.5. The van der Waals surface area contributed by atoms with Gasteiger partial charge in [0.05, 0.1) is 6.61 Å². The number of benzene rings is 1. The highest BCUT2D eigenvalue weighted by molar-refractivity contribution is 7.83. The van der Waals surface area contributed by atoms with Gasteiger partial charge in [0.25, 0.3) is 0 Å². The SMILES string of the molecule is Cc1cccc(OCCCCC(N)=CS)c1. The summed E-state index contributed by atoms with van der Waals surface area (Å²) in [6.45, 7) is 2.80. The predicted molar refractivity (Wildman–Crippen MR) is 71.8 cm³/mol. The Hall–Kier alpha value is -1.09. The van der Waals surface area contributed by atoms with E-state index in [-0.39, 0.29) is 0 Å². The number of hydrogen-bond acceptors (Lipinski definition) is 3. The van der Waals surface area contributed by atoms with Crippen molar-refractivity contribution in [2.75, 3.05) is 6.61 Å². The molecule has 0 fully saturated rings. The molecule has 0 atom stereocenters. The molecule has 0 saturated heterocycles. The summed E-state index contributed by atoms with van der Waals surface area (Å²) in [5.74, 6) is 0.942. The molecule has 16 heavy (non-hydrogen) atoms. The summed E-state index contributed by atoms with van der Waals surface area (Å²) in [5.41, 5.74) is 7.68. The first-order chi connectivity index (χ1) is 7.72. The van der Waals surface area contributed by atoms with Gasteiger partial charge in [-0.1, -0.05) is 12.1 Å². The molecule has 1 rings (SSSR count). The Labute approximate surface area is 103 Å². The van der Waals surface area contributed by atoms with E-state index in [2.05, 4.69) is 25.6 Å². The van der Waals surface area contributed by atoms with Crippen molar-refractivity contribution < 1.29 is 4.74 Å². The Morgan fingerprint density at radius 3 is 2.94 bits per heavy atom. The van der Waals surface area contributed by atoms with E-state index in [0.29, 0.717) is 0 Å². The van der Waals surface area contributed by atoms with Gasteiger partial charge in [-0.15, -0.1) is 12.6 Å². The van der Waals surface area contributed by atoms with Gasteiger partial charge >= 0.3 is 0 Å². The summed E-state index contributed by atoms with van der Waals surface area (Å²) in [4.78, 5) is 0. The highest BCUT2D eigenvalue weighted by Gasteiger charge is 1.95. The fraction of sp³-hybridized carbons (Fsp3) is 0.385. The molecule has 0 heterocycles. The Morgan fingerprint density at radius 1 is 1.44 bits per heavy atom. The van der Waals surface area contributed by atoms with Crippen LogP contribution in [0.15, 0.2) is 35.4 Å². The number of unbranched alkanes of at least 4 members (excludes halogenated alkanes) is 1. The van der Waals surface area contributed by atoms with Gasteiger partial charge in [0.15, 0.2) is 0 Å². The second-order valence-electron chi connectivity index (χ2n) is 3.83. The summed E-state index contributed by atoms with van der Waals surface area (Å²) >= 11 is 3.99. The fourth-order valence-electron chi connectivity index (χ4n) is 1.39. The Morgan fingerprint density at radius 2 is 2.25 bits per heavy atom. The molecule has 0 aliphatic rings. The summed E-state index contributed by atoms with van der Waals surface area (Å²) in [6, 6.07) is 8.09.